The van der Waals surface area contributed by atoms with Gasteiger partial charge in [-0.25, -0.2) is 0 Å². The zero-order valence-electron chi connectivity index (χ0n) is 17.5. The molecule has 7 nitrogen and oxygen atoms in total. The Morgan fingerprint density at radius 1 is 0.935 bits per heavy atom. The molecule has 158 valence electrons. The normalized spacial score (nSPS) is 13.7. The molecule has 0 spiro atoms. The number of anilines is 1. The Morgan fingerprint density at radius 3 is 2.19 bits per heavy atom. The minimum Gasteiger partial charge on any atom is -0.497 e. The lowest BCUT2D eigenvalue weighted by molar-refractivity contribution is -0.137. The molecule has 2 heterocycles. The fraction of sp³-hybridized carbons (Fsp3) is 0.167. The predicted octanol–water partition coefficient (Wildman–Crippen LogP) is 4.00. The van der Waals surface area contributed by atoms with Crippen LogP contribution in [0.1, 0.15) is 16.9 Å². The summed E-state index contributed by atoms with van der Waals surface area (Å²) in [6.45, 7) is 2.01. The van der Waals surface area contributed by atoms with E-state index in [4.69, 9.17) is 13.9 Å². The number of ether oxygens (including phenoxy) is 2. The summed E-state index contributed by atoms with van der Waals surface area (Å²) in [5.41, 5.74) is 2.77. The molecule has 0 atom stereocenters. The number of methoxy groups -OCH3 is 2. The van der Waals surface area contributed by atoms with Gasteiger partial charge in [0.05, 0.1) is 32.6 Å². The van der Waals surface area contributed by atoms with Gasteiger partial charge in [-0.1, -0.05) is 29.8 Å². The number of carbonyl (C=O) groups is 2. The summed E-state index contributed by atoms with van der Waals surface area (Å²) in [6, 6.07) is 16.1. The van der Waals surface area contributed by atoms with Gasteiger partial charge in [-0.15, -0.1) is 0 Å². The number of carbonyl (C=O) groups excluding carboxylic acids is 2. The van der Waals surface area contributed by atoms with Gasteiger partial charge in [0.25, 0.3) is 11.8 Å². The van der Waals surface area contributed by atoms with Crippen LogP contribution in [0.2, 0.25) is 0 Å². The van der Waals surface area contributed by atoms with Crippen molar-refractivity contribution in [3.63, 3.8) is 0 Å². The standard InChI is InChI=1S/C24H22N2O5/c1-15-6-8-16(9-7-15)21-22(25-17-11-19(29-2)13-20(12-17)30-3)24(28)26(23(21)27)14-18-5-4-10-31-18/h4-13,25H,14H2,1-3H3. The Balaban J connectivity index is 1.77. The van der Waals surface area contributed by atoms with E-state index in [1.807, 2.05) is 31.2 Å². The Morgan fingerprint density at radius 2 is 1.61 bits per heavy atom. The molecule has 0 radical (unpaired) electrons. The number of rotatable bonds is 7. The molecule has 2 aromatic carbocycles. The van der Waals surface area contributed by atoms with Gasteiger partial charge < -0.3 is 19.2 Å². The molecule has 31 heavy (non-hydrogen) atoms. The molecule has 0 bridgehead atoms. The van der Waals surface area contributed by atoms with Crippen LogP contribution in [0.5, 0.6) is 11.5 Å². The number of nitrogens with one attached hydrogen (secondary N) is 1. The van der Waals surface area contributed by atoms with Gasteiger partial charge >= 0.3 is 0 Å². The fourth-order valence-electron chi connectivity index (χ4n) is 3.41. The Bertz CT molecular complexity index is 1120. The summed E-state index contributed by atoms with van der Waals surface area (Å²) in [5.74, 6) is 0.822. The van der Waals surface area contributed by atoms with Crippen molar-refractivity contribution in [3.05, 3.63) is 83.4 Å². The highest BCUT2D eigenvalue weighted by molar-refractivity contribution is 6.36. The lowest BCUT2D eigenvalue weighted by atomic mass is 10.0. The maximum Gasteiger partial charge on any atom is 0.278 e. The first-order chi connectivity index (χ1) is 15.0. The molecule has 1 N–H and O–H groups in total. The average Bonchev–Trinajstić information content (AvgIpc) is 3.37. The molecule has 0 saturated heterocycles. The van der Waals surface area contributed by atoms with Gasteiger partial charge in [-0.3, -0.25) is 14.5 Å². The van der Waals surface area contributed by atoms with Crippen LogP contribution in [0.3, 0.4) is 0 Å². The summed E-state index contributed by atoms with van der Waals surface area (Å²) in [7, 11) is 3.09. The van der Waals surface area contributed by atoms with E-state index in [-0.39, 0.29) is 18.1 Å². The van der Waals surface area contributed by atoms with E-state index in [1.165, 1.54) is 11.2 Å². The lowest BCUT2D eigenvalue weighted by Gasteiger charge is -2.14. The third-order valence-electron chi connectivity index (χ3n) is 5.02. The minimum absolute atomic E-state index is 0.0483. The highest BCUT2D eigenvalue weighted by atomic mass is 16.5. The molecule has 2 amide bonds. The Kier molecular flexibility index (Phi) is 5.49. The van der Waals surface area contributed by atoms with Crippen molar-refractivity contribution in [2.24, 2.45) is 0 Å². The smallest absolute Gasteiger partial charge is 0.278 e. The van der Waals surface area contributed by atoms with E-state index in [0.717, 1.165) is 5.56 Å². The quantitative estimate of drug-likeness (QED) is 0.584. The van der Waals surface area contributed by atoms with Crippen molar-refractivity contribution in [1.29, 1.82) is 0 Å². The average molecular weight is 418 g/mol. The van der Waals surface area contributed by atoms with Crippen molar-refractivity contribution in [2.45, 2.75) is 13.5 Å². The van der Waals surface area contributed by atoms with Crippen LogP contribution in [-0.2, 0) is 16.1 Å². The van der Waals surface area contributed by atoms with E-state index in [9.17, 15) is 9.59 Å². The topological polar surface area (TPSA) is 81.0 Å². The van der Waals surface area contributed by atoms with Crippen LogP contribution in [0.15, 0.2) is 71.0 Å². The number of aryl methyl sites for hydroxylation is 1. The van der Waals surface area contributed by atoms with Crippen LogP contribution in [0, 0.1) is 6.92 Å². The van der Waals surface area contributed by atoms with E-state index >= 15 is 0 Å². The second-order valence-corrected chi connectivity index (χ2v) is 7.12. The van der Waals surface area contributed by atoms with Gasteiger partial charge in [0.2, 0.25) is 0 Å². The summed E-state index contributed by atoms with van der Waals surface area (Å²) in [6.07, 6.45) is 1.51. The highest BCUT2D eigenvalue weighted by Gasteiger charge is 2.39. The summed E-state index contributed by atoms with van der Waals surface area (Å²) in [4.78, 5) is 27.8. The van der Waals surface area contributed by atoms with Gasteiger partial charge in [0.1, 0.15) is 23.0 Å². The molecular weight excluding hydrogens is 396 g/mol. The van der Waals surface area contributed by atoms with Crippen molar-refractivity contribution in [3.8, 4) is 11.5 Å². The van der Waals surface area contributed by atoms with Crippen LogP contribution in [0.25, 0.3) is 5.57 Å². The first-order valence-corrected chi connectivity index (χ1v) is 9.70. The van der Waals surface area contributed by atoms with Crippen molar-refractivity contribution in [1.82, 2.24) is 4.90 Å². The number of benzene rings is 2. The third kappa shape index (κ3) is 4.02. The molecule has 0 unspecified atom stereocenters. The molecular formula is C24H22N2O5. The number of furan rings is 1. The first kappa shape index (κ1) is 20.3. The first-order valence-electron chi connectivity index (χ1n) is 9.70. The van der Waals surface area contributed by atoms with E-state index in [0.29, 0.717) is 34.1 Å². The van der Waals surface area contributed by atoms with Crippen LogP contribution < -0.4 is 14.8 Å². The summed E-state index contributed by atoms with van der Waals surface area (Å²) in [5, 5.41) is 3.12. The van der Waals surface area contributed by atoms with Gasteiger partial charge in [-0.2, -0.15) is 0 Å². The van der Waals surface area contributed by atoms with Gasteiger partial charge in [0, 0.05) is 23.9 Å². The highest BCUT2D eigenvalue weighted by Crippen LogP contribution is 2.33. The number of imide groups is 1. The monoisotopic (exact) mass is 418 g/mol. The maximum atomic E-state index is 13.3. The molecule has 3 aromatic rings. The second kappa shape index (κ2) is 8.39. The molecule has 4 rings (SSSR count). The number of amides is 2. The van der Waals surface area contributed by atoms with E-state index in [2.05, 4.69) is 5.32 Å². The van der Waals surface area contributed by atoms with Crippen molar-refractivity contribution < 1.29 is 23.5 Å². The van der Waals surface area contributed by atoms with Crippen molar-refractivity contribution in [2.75, 3.05) is 19.5 Å². The van der Waals surface area contributed by atoms with Crippen LogP contribution >= 0.6 is 0 Å². The Labute approximate surface area is 179 Å². The van der Waals surface area contributed by atoms with Crippen LogP contribution in [0.4, 0.5) is 5.69 Å². The molecule has 0 fully saturated rings. The summed E-state index contributed by atoms with van der Waals surface area (Å²) >= 11 is 0. The molecule has 1 aromatic heterocycles. The lowest BCUT2D eigenvalue weighted by Crippen LogP contribution is -2.31. The molecule has 1 aliphatic rings. The SMILES string of the molecule is COc1cc(NC2=C(c3ccc(C)cc3)C(=O)N(Cc3ccco3)C2=O)cc(OC)c1. The number of hydrogen-bond acceptors (Lipinski definition) is 6. The van der Waals surface area contributed by atoms with E-state index in [1.54, 1.807) is 44.6 Å². The van der Waals surface area contributed by atoms with Crippen molar-refractivity contribution >= 4 is 23.1 Å². The zero-order chi connectivity index (χ0) is 22.0. The van der Waals surface area contributed by atoms with Gasteiger partial charge in [-0.05, 0) is 24.6 Å². The maximum absolute atomic E-state index is 13.3. The Hall–Kier alpha value is -4.00. The largest absolute Gasteiger partial charge is 0.497 e. The second-order valence-electron chi connectivity index (χ2n) is 7.12. The molecule has 0 aliphatic carbocycles. The zero-order valence-corrected chi connectivity index (χ0v) is 17.5. The van der Waals surface area contributed by atoms with Crippen LogP contribution in [-0.4, -0.2) is 30.9 Å². The number of nitrogens with zero attached hydrogens (tertiary/aromatic N) is 1. The number of hydrogen-bond donors (Lipinski definition) is 1. The van der Waals surface area contributed by atoms with Gasteiger partial charge in [0.15, 0.2) is 0 Å². The molecule has 1 aliphatic heterocycles. The molecule has 7 heteroatoms. The summed E-state index contributed by atoms with van der Waals surface area (Å²) < 4.78 is 16.0. The van der Waals surface area contributed by atoms with E-state index < -0.39 is 5.91 Å². The minimum atomic E-state index is -0.432. The molecule has 0 saturated carbocycles. The predicted molar refractivity (Wildman–Crippen MR) is 116 cm³/mol. The fourth-order valence-corrected chi connectivity index (χ4v) is 3.41. The third-order valence-corrected chi connectivity index (χ3v) is 5.02.